The Kier molecular flexibility index (Phi) is 3.33. The van der Waals surface area contributed by atoms with Crippen LogP contribution in [-0.2, 0) is 0 Å². The summed E-state index contributed by atoms with van der Waals surface area (Å²) < 4.78 is 0. The summed E-state index contributed by atoms with van der Waals surface area (Å²) in [6.07, 6.45) is 5.47. The van der Waals surface area contributed by atoms with Crippen molar-refractivity contribution in [2.75, 3.05) is 45.8 Å². The zero-order valence-electron chi connectivity index (χ0n) is 12.9. The molecule has 5 unspecified atom stereocenters. The fourth-order valence-corrected chi connectivity index (χ4v) is 5.60. The highest BCUT2D eigenvalue weighted by molar-refractivity contribution is 5.08. The molecular weight excluding hydrogens is 248 g/mol. The Morgan fingerprint density at radius 3 is 2.85 bits per heavy atom. The maximum atomic E-state index is 6.38. The molecule has 4 rings (SSSR count). The van der Waals surface area contributed by atoms with Gasteiger partial charge in [-0.15, -0.1) is 0 Å². The van der Waals surface area contributed by atoms with Crippen LogP contribution in [-0.4, -0.2) is 78.1 Å². The SMILES string of the molecule is CC1CN2CCCC2CN1C1(CN)CCN2CCC1C2. The number of hydrogen-bond acceptors (Lipinski definition) is 4. The second-order valence-corrected chi connectivity index (χ2v) is 7.64. The van der Waals surface area contributed by atoms with Gasteiger partial charge in [0.1, 0.15) is 0 Å². The average Bonchev–Trinajstić information content (AvgIpc) is 3.07. The van der Waals surface area contributed by atoms with Crippen LogP contribution in [0, 0.1) is 5.92 Å². The predicted octanol–water partition coefficient (Wildman–Crippen LogP) is 0.578. The molecule has 114 valence electrons. The summed E-state index contributed by atoms with van der Waals surface area (Å²) >= 11 is 0. The van der Waals surface area contributed by atoms with E-state index in [0.717, 1.165) is 18.5 Å². The van der Waals surface area contributed by atoms with E-state index < -0.39 is 0 Å². The average molecular weight is 278 g/mol. The summed E-state index contributed by atoms with van der Waals surface area (Å²) in [5.74, 6) is 0.816. The summed E-state index contributed by atoms with van der Waals surface area (Å²) in [6, 6.07) is 1.49. The van der Waals surface area contributed by atoms with Crippen molar-refractivity contribution in [3.63, 3.8) is 0 Å². The minimum Gasteiger partial charge on any atom is -0.329 e. The molecule has 20 heavy (non-hydrogen) atoms. The Labute approximate surface area is 123 Å². The largest absolute Gasteiger partial charge is 0.329 e. The van der Waals surface area contributed by atoms with Gasteiger partial charge >= 0.3 is 0 Å². The van der Waals surface area contributed by atoms with Crippen LogP contribution >= 0.6 is 0 Å². The Hall–Kier alpha value is -0.160. The third kappa shape index (κ3) is 1.88. The number of nitrogens with two attached hydrogens (primary N) is 1. The van der Waals surface area contributed by atoms with Gasteiger partial charge in [0.25, 0.3) is 0 Å². The van der Waals surface area contributed by atoms with E-state index in [0.29, 0.717) is 11.6 Å². The Morgan fingerprint density at radius 2 is 2.00 bits per heavy atom. The van der Waals surface area contributed by atoms with Gasteiger partial charge in [0.15, 0.2) is 0 Å². The molecular formula is C16H30N4. The van der Waals surface area contributed by atoms with Crippen molar-refractivity contribution in [2.45, 2.75) is 50.2 Å². The van der Waals surface area contributed by atoms with Crippen LogP contribution in [0.25, 0.3) is 0 Å². The van der Waals surface area contributed by atoms with Gasteiger partial charge in [-0.3, -0.25) is 9.80 Å². The van der Waals surface area contributed by atoms with Gasteiger partial charge in [-0.25, -0.2) is 0 Å². The van der Waals surface area contributed by atoms with E-state index in [2.05, 4.69) is 21.6 Å². The Morgan fingerprint density at radius 1 is 1.10 bits per heavy atom. The molecule has 4 fully saturated rings. The molecule has 2 N–H and O–H groups in total. The van der Waals surface area contributed by atoms with Crippen molar-refractivity contribution in [3.8, 4) is 0 Å². The van der Waals surface area contributed by atoms with Crippen molar-refractivity contribution in [1.82, 2.24) is 14.7 Å². The fourth-order valence-electron chi connectivity index (χ4n) is 5.60. The first kappa shape index (κ1) is 13.5. The monoisotopic (exact) mass is 278 g/mol. The number of rotatable bonds is 2. The predicted molar refractivity (Wildman–Crippen MR) is 81.7 cm³/mol. The standard InChI is InChI=1S/C16H30N4/c1-13-9-19-6-2-3-15(19)11-20(13)16(12-17)5-8-18-7-4-14(16)10-18/h13-15H,2-12,17H2,1H3. The second-order valence-electron chi connectivity index (χ2n) is 7.64. The van der Waals surface area contributed by atoms with Crippen molar-refractivity contribution in [3.05, 3.63) is 0 Å². The zero-order chi connectivity index (χ0) is 13.7. The smallest absolute Gasteiger partial charge is 0.0388 e. The second kappa shape index (κ2) is 4.94. The topological polar surface area (TPSA) is 35.7 Å². The van der Waals surface area contributed by atoms with E-state index >= 15 is 0 Å². The summed E-state index contributed by atoms with van der Waals surface area (Å²) in [7, 11) is 0. The van der Waals surface area contributed by atoms with Gasteiger partial charge in [0, 0.05) is 43.8 Å². The molecule has 0 spiro atoms. The van der Waals surface area contributed by atoms with Gasteiger partial charge in [-0.1, -0.05) is 0 Å². The molecule has 0 aliphatic carbocycles. The molecule has 0 aromatic carbocycles. The number of hydrogen-bond donors (Lipinski definition) is 1. The molecule has 2 bridgehead atoms. The molecule has 4 nitrogen and oxygen atoms in total. The Balaban J connectivity index is 1.60. The number of piperidine rings is 1. The van der Waals surface area contributed by atoms with Crippen molar-refractivity contribution < 1.29 is 0 Å². The third-order valence-corrected chi connectivity index (χ3v) is 6.76. The highest BCUT2D eigenvalue weighted by Crippen LogP contribution is 2.42. The van der Waals surface area contributed by atoms with Gasteiger partial charge < -0.3 is 10.6 Å². The Bertz CT molecular complexity index is 373. The molecule has 0 amide bonds. The molecule has 0 saturated carbocycles. The number of nitrogens with zero attached hydrogens (tertiary/aromatic N) is 3. The molecule has 4 heterocycles. The first-order valence-electron chi connectivity index (χ1n) is 8.66. The molecule has 5 atom stereocenters. The number of piperazine rings is 1. The maximum Gasteiger partial charge on any atom is 0.0388 e. The molecule has 0 aromatic heterocycles. The van der Waals surface area contributed by atoms with Crippen LogP contribution < -0.4 is 5.73 Å². The van der Waals surface area contributed by atoms with E-state index in [1.165, 1.54) is 65.0 Å². The molecule has 0 aromatic rings. The molecule has 4 heteroatoms. The first-order chi connectivity index (χ1) is 9.73. The first-order valence-corrected chi connectivity index (χ1v) is 8.66. The summed E-state index contributed by atoms with van der Waals surface area (Å²) in [6.45, 7) is 11.0. The van der Waals surface area contributed by atoms with Gasteiger partial charge in [-0.2, -0.15) is 0 Å². The normalized spacial score (nSPS) is 49.5. The lowest BCUT2D eigenvalue weighted by molar-refractivity contribution is -0.0637. The van der Waals surface area contributed by atoms with Crippen molar-refractivity contribution in [2.24, 2.45) is 11.7 Å². The van der Waals surface area contributed by atoms with E-state index in [-0.39, 0.29) is 0 Å². The lowest BCUT2D eigenvalue weighted by Crippen LogP contribution is -2.69. The van der Waals surface area contributed by atoms with Crippen LogP contribution in [0.2, 0.25) is 0 Å². The lowest BCUT2D eigenvalue weighted by Gasteiger charge is -2.56. The van der Waals surface area contributed by atoms with Crippen LogP contribution in [0.15, 0.2) is 0 Å². The van der Waals surface area contributed by atoms with E-state index in [1.54, 1.807) is 0 Å². The van der Waals surface area contributed by atoms with Crippen LogP contribution in [0.5, 0.6) is 0 Å². The third-order valence-electron chi connectivity index (χ3n) is 6.76. The van der Waals surface area contributed by atoms with Gasteiger partial charge in [0.2, 0.25) is 0 Å². The highest BCUT2D eigenvalue weighted by Gasteiger charge is 2.52. The van der Waals surface area contributed by atoms with Crippen LogP contribution in [0.4, 0.5) is 0 Å². The van der Waals surface area contributed by atoms with Crippen LogP contribution in [0.1, 0.15) is 32.6 Å². The fraction of sp³-hybridized carbons (Fsp3) is 1.00. The van der Waals surface area contributed by atoms with E-state index in [1.807, 2.05) is 0 Å². The van der Waals surface area contributed by atoms with Crippen LogP contribution in [0.3, 0.4) is 0 Å². The molecule has 4 aliphatic rings. The quantitative estimate of drug-likeness (QED) is 0.801. The van der Waals surface area contributed by atoms with Crippen molar-refractivity contribution >= 4 is 0 Å². The molecule has 4 saturated heterocycles. The summed E-state index contributed by atoms with van der Waals surface area (Å²) in [4.78, 5) is 8.23. The van der Waals surface area contributed by atoms with Gasteiger partial charge in [-0.05, 0) is 58.2 Å². The van der Waals surface area contributed by atoms with E-state index in [9.17, 15) is 0 Å². The molecule has 0 radical (unpaired) electrons. The minimum atomic E-state index is 0.307. The van der Waals surface area contributed by atoms with Crippen molar-refractivity contribution in [1.29, 1.82) is 0 Å². The minimum absolute atomic E-state index is 0.307. The maximum absolute atomic E-state index is 6.38. The molecule has 4 aliphatic heterocycles. The summed E-state index contributed by atoms with van der Waals surface area (Å²) in [5.41, 5.74) is 6.69. The highest BCUT2D eigenvalue weighted by atomic mass is 15.4. The van der Waals surface area contributed by atoms with Gasteiger partial charge in [0.05, 0.1) is 0 Å². The lowest BCUT2D eigenvalue weighted by atomic mass is 9.75. The zero-order valence-corrected chi connectivity index (χ0v) is 12.9. The summed E-state index contributed by atoms with van der Waals surface area (Å²) in [5, 5.41) is 0. The number of fused-ring (bicyclic) bond motifs is 3. The van der Waals surface area contributed by atoms with E-state index in [4.69, 9.17) is 5.73 Å².